The first-order valence-corrected chi connectivity index (χ1v) is 6.61. The molecule has 1 unspecified atom stereocenters. The molecule has 1 heterocycles. The van der Waals surface area contributed by atoms with Crippen LogP contribution in [0.4, 0.5) is 0 Å². The van der Waals surface area contributed by atoms with Crippen molar-refractivity contribution in [3.63, 3.8) is 0 Å². The molecule has 0 amide bonds. The molecule has 1 N–H and O–H groups in total. The van der Waals surface area contributed by atoms with Gasteiger partial charge in [-0.2, -0.15) is 0 Å². The lowest BCUT2D eigenvalue weighted by atomic mass is 10.0. The minimum absolute atomic E-state index is 0.0766. The molecule has 0 radical (unpaired) electrons. The number of hydrogen-bond donors (Lipinski definition) is 1. The number of rotatable bonds is 6. The molecule has 1 atom stereocenters. The van der Waals surface area contributed by atoms with Crippen molar-refractivity contribution in [3.05, 3.63) is 29.3 Å². The molecule has 0 saturated heterocycles. The van der Waals surface area contributed by atoms with E-state index in [2.05, 4.69) is 0 Å². The van der Waals surface area contributed by atoms with E-state index in [9.17, 15) is 9.59 Å². The fourth-order valence-electron chi connectivity index (χ4n) is 2.30. The summed E-state index contributed by atoms with van der Waals surface area (Å²) in [6.45, 7) is 2.01. The zero-order valence-electron chi connectivity index (χ0n) is 11.0. The number of carboxylic acids is 1. The van der Waals surface area contributed by atoms with Crippen LogP contribution in [0, 0.1) is 0 Å². The molecule has 1 aliphatic rings. The van der Waals surface area contributed by atoms with E-state index in [0.29, 0.717) is 24.8 Å². The Morgan fingerprint density at radius 3 is 2.79 bits per heavy atom. The van der Waals surface area contributed by atoms with Crippen LogP contribution in [0.3, 0.4) is 0 Å². The van der Waals surface area contributed by atoms with Crippen LogP contribution in [0.25, 0.3) is 0 Å². The Balaban J connectivity index is 1.90. The number of carboxylic acid groups (broad SMARTS) is 1. The van der Waals surface area contributed by atoms with Crippen LogP contribution in [0.5, 0.6) is 5.75 Å². The molecule has 1 aromatic carbocycles. The second-order valence-corrected chi connectivity index (χ2v) is 4.98. The van der Waals surface area contributed by atoms with E-state index in [-0.39, 0.29) is 18.3 Å². The number of unbranched alkanes of at least 4 members (excludes halogenated alkanes) is 1. The Bertz CT molecular complexity index is 493. The summed E-state index contributed by atoms with van der Waals surface area (Å²) in [4.78, 5) is 22.4. The van der Waals surface area contributed by atoms with Crippen LogP contribution in [-0.2, 0) is 11.2 Å². The monoisotopic (exact) mass is 262 g/mol. The maximum atomic E-state index is 12.0. The highest BCUT2D eigenvalue weighted by Gasteiger charge is 2.20. The zero-order chi connectivity index (χ0) is 13.8. The van der Waals surface area contributed by atoms with Crippen molar-refractivity contribution in [2.75, 3.05) is 0 Å². The van der Waals surface area contributed by atoms with Gasteiger partial charge < -0.3 is 9.84 Å². The number of carbonyl (C=O) groups is 2. The molecule has 102 valence electrons. The molecule has 0 aliphatic carbocycles. The van der Waals surface area contributed by atoms with Gasteiger partial charge in [-0.05, 0) is 43.5 Å². The van der Waals surface area contributed by atoms with Crippen LogP contribution in [0.15, 0.2) is 18.2 Å². The first-order valence-electron chi connectivity index (χ1n) is 6.61. The summed E-state index contributed by atoms with van der Waals surface area (Å²) in [5.74, 6) is 0.138. The van der Waals surface area contributed by atoms with Crippen molar-refractivity contribution in [1.29, 1.82) is 0 Å². The van der Waals surface area contributed by atoms with E-state index in [0.717, 1.165) is 17.7 Å². The second kappa shape index (κ2) is 5.87. The Morgan fingerprint density at radius 2 is 2.05 bits per heavy atom. The third kappa shape index (κ3) is 3.56. The first-order chi connectivity index (χ1) is 9.06. The molecule has 0 saturated carbocycles. The standard InChI is InChI=1S/C15H18O4/c1-10-8-12-9-11(6-7-14(12)19-10)13(16)4-2-3-5-15(17)18/h6-7,9-10H,2-5,8H2,1H3,(H,17,18). The SMILES string of the molecule is CC1Cc2cc(C(=O)CCCCC(=O)O)ccc2O1. The van der Waals surface area contributed by atoms with Gasteiger partial charge in [0.25, 0.3) is 0 Å². The average molecular weight is 262 g/mol. The van der Waals surface area contributed by atoms with Crippen LogP contribution >= 0.6 is 0 Å². The largest absolute Gasteiger partial charge is 0.490 e. The normalized spacial score (nSPS) is 16.8. The highest BCUT2D eigenvalue weighted by Crippen LogP contribution is 2.29. The Morgan fingerprint density at radius 1 is 1.32 bits per heavy atom. The van der Waals surface area contributed by atoms with Gasteiger partial charge in [0.15, 0.2) is 5.78 Å². The number of ether oxygens (including phenoxy) is 1. The zero-order valence-corrected chi connectivity index (χ0v) is 11.0. The van der Waals surface area contributed by atoms with Gasteiger partial charge in [-0.1, -0.05) is 0 Å². The molecule has 1 aromatic rings. The molecular weight excluding hydrogens is 244 g/mol. The van der Waals surface area contributed by atoms with Crippen molar-refractivity contribution in [2.24, 2.45) is 0 Å². The van der Waals surface area contributed by atoms with Gasteiger partial charge in [0.1, 0.15) is 11.9 Å². The minimum Gasteiger partial charge on any atom is -0.490 e. The molecule has 4 heteroatoms. The molecule has 0 bridgehead atoms. The van der Waals surface area contributed by atoms with Crippen molar-refractivity contribution in [2.45, 2.75) is 45.1 Å². The van der Waals surface area contributed by atoms with E-state index in [1.165, 1.54) is 0 Å². The quantitative estimate of drug-likeness (QED) is 0.632. The molecule has 4 nitrogen and oxygen atoms in total. The molecule has 2 rings (SSSR count). The van der Waals surface area contributed by atoms with Crippen molar-refractivity contribution >= 4 is 11.8 Å². The van der Waals surface area contributed by atoms with E-state index in [1.807, 2.05) is 19.1 Å². The van der Waals surface area contributed by atoms with Gasteiger partial charge in [0.05, 0.1) is 0 Å². The highest BCUT2D eigenvalue weighted by atomic mass is 16.5. The number of hydrogen-bond acceptors (Lipinski definition) is 3. The lowest BCUT2D eigenvalue weighted by Gasteiger charge is -2.04. The third-order valence-corrected chi connectivity index (χ3v) is 3.26. The first kappa shape index (κ1) is 13.6. The fourth-order valence-corrected chi connectivity index (χ4v) is 2.30. The summed E-state index contributed by atoms with van der Waals surface area (Å²) in [7, 11) is 0. The third-order valence-electron chi connectivity index (χ3n) is 3.26. The number of benzene rings is 1. The topological polar surface area (TPSA) is 63.6 Å². The summed E-state index contributed by atoms with van der Waals surface area (Å²) in [5, 5.41) is 8.53. The second-order valence-electron chi connectivity index (χ2n) is 4.98. The molecule has 0 fully saturated rings. The molecular formula is C15H18O4. The van der Waals surface area contributed by atoms with Crippen LogP contribution in [-0.4, -0.2) is 23.0 Å². The molecule has 19 heavy (non-hydrogen) atoms. The lowest BCUT2D eigenvalue weighted by molar-refractivity contribution is -0.137. The Hall–Kier alpha value is -1.84. The fraction of sp³-hybridized carbons (Fsp3) is 0.467. The van der Waals surface area contributed by atoms with E-state index >= 15 is 0 Å². The van der Waals surface area contributed by atoms with Gasteiger partial charge in [0.2, 0.25) is 0 Å². The number of Topliss-reactive ketones (excluding diaryl/α,β-unsaturated/α-hetero) is 1. The highest BCUT2D eigenvalue weighted by molar-refractivity contribution is 5.96. The number of ketones is 1. The number of aliphatic carboxylic acids is 1. The number of fused-ring (bicyclic) bond motifs is 1. The van der Waals surface area contributed by atoms with Gasteiger partial charge in [0, 0.05) is 24.8 Å². The van der Waals surface area contributed by atoms with E-state index in [4.69, 9.17) is 9.84 Å². The predicted octanol–water partition coefficient (Wildman–Crippen LogP) is 2.84. The summed E-state index contributed by atoms with van der Waals surface area (Å²) >= 11 is 0. The summed E-state index contributed by atoms with van der Waals surface area (Å²) < 4.78 is 5.59. The van der Waals surface area contributed by atoms with E-state index < -0.39 is 5.97 Å². The van der Waals surface area contributed by atoms with Gasteiger partial charge >= 0.3 is 5.97 Å². The van der Waals surface area contributed by atoms with Crippen molar-refractivity contribution in [1.82, 2.24) is 0 Å². The summed E-state index contributed by atoms with van der Waals surface area (Å²) in [6.07, 6.45) is 2.72. The maximum Gasteiger partial charge on any atom is 0.303 e. The Labute approximate surface area is 112 Å². The molecule has 0 aromatic heterocycles. The van der Waals surface area contributed by atoms with Crippen LogP contribution < -0.4 is 4.74 Å². The maximum absolute atomic E-state index is 12.0. The van der Waals surface area contributed by atoms with Gasteiger partial charge in [-0.3, -0.25) is 9.59 Å². The lowest BCUT2D eigenvalue weighted by Crippen LogP contribution is -2.05. The van der Waals surface area contributed by atoms with E-state index in [1.54, 1.807) is 6.07 Å². The van der Waals surface area contributed by atoms with Gasteiger partial charge in [-0.25, -0.2) is 0 Å². The van der Waals surface area contributed by atoms with Crippen molar-refractivity contribution < 1.29 is 19.4 Å². The summed E-state index contributed by atoms with van der Waals surface area (Å²) in [6, 6.07) is 5.54. The molecule has 0 spiro atoms. The predicted molar refractivity (Wildman–Crippen MR) is 70.7 cm³/mol. The van der Waals surface area contributed by atoms with Crippen LogP contribution in [0.1, 0.15) is 48.5 Å². The smallest absolute Gasteiger partial charge is 0.303 e. The van der Waals surface area contributed by atoms with Crippen molar-refractivity contribution in [3.8, 4) is 5.75 Å². The van der Waals surface area contributed by atoms with Crippen LogP contribution in [0.2, 0.25) is 0 Å². The minimum atomic E-state index is -0.809. The molecule has 1 aliphatic heterocycles. The van der Waals surface area contributed by atoms with Gasteiger partial charge in [-0.15, -0.1) is 0 Å². The average Bonchev–Trinajstić information content (AvgIpc) is 2.73. The number of carbonyl (C=O) groups excluding carboxylic acids is 1. The Kier molecular flexibility index (Phi) is 4.20. The summed E-state index contributed by atoms with van der Waals surface area (Å²) in [5.41, 5.74) is 1.79.